The zero-order chi connectivity index (χ0) is 13.3. The first-order valence-corrected chi connectivity index (χ1v) is 8.70. The van der Waals surface area contributed by atoms with Crippen LogP contribution in [0.5, 0.6) is 0 Å². The average Bonchev–Trinajstić information content (AvgIpc) is 2.71. The van der Waals surface area contributed by atoms with Crippen LogP contribution in [-0.4, -0.2) is 19.4 Å². The van der Waals surface area contributed by atoms with Crippen LogP contribution in [0.4, 0.5) is 0 Å². The SMILES string of the molecule is CC1CCC(NS(=O)(=O)c2cnc(Cl)s2)CC1C. The molecule has 1 aromatic heterocycles. The van der Waals surface area contributed by atoms with E-state index < -0.39 is 10.0 Å². The molecule has 3 unspecified atom stereocenters. The van der Waals surface area contributed by atoms with Crippen molar-refractivity contribution in [1.82, 2.24) is 9.71 Å². The smallest absolute Gasteiger partial charge is 0.232 e. The van der Waals surface area contributed by atoms with E-state index in [9.17, 15) is 8.42 Å². The van der Waals surface area contributed by atoms with Crippen LogP contribution in [0.1, 0.15) is 33.1 Å². The van der Waals surface area contributed by atoms with Crippen LogP contribution in [0.2, 0.25) is 4.47 Å². The van der Waals surface area contributed by atoms with Crippen molar-refractivity contribution in [3.8, 4) is 0 Å². The van der Waals surface area contributed by atoms with Crippen LogP contribution in [0.3, 0.4) is 0 Å². The molecule has 1 aromatic rings. The number of hydrogen-bond acceptors (Lipinski definition) is 4. The van der Waals surface area contributed by atoms with E-state index in [0.717, 1.165) is 30.6 Å². The predicted molar refractivity (Wildman–Crippen MR) is 73.4 cm³/mol. The highest BCUT2D eigenvalue weighted by Gasteiger charge is 2.28. The van der Waals surface area contributed by atoms with E-state index in [1.54, 1.807) is 0 Å². The molecule has 18 heavy (non-hydrogen) atoms. The summed E-state index contributed by atoms with van der Waals surface area (Å²) in [4.78, 5) is 3.77. The highest BCUT2D eigenvalue weighted by Crippen LogP contribution is 2.30. The van der Waals surface area contributed by atoms with Crippen molar-refractivity contribution >= 4 is 33.0 Å². The summed E-state index contributed by atoms with van der Waals surface area (Å²) in [6, 6.07) is 0.0297. The molecule has 1 aliphatic rings. The molecule has 1 saturated carbocycles. The molecule has 0 aromatic carbocycles. The Morgan fingerprint density at radius 2 is 2.11 bits per heavy atom. The van der Waals surface area contributed by atoms with Gasteiger partial charge in [0.25, 0.3) is 10.0 Å². The molecule has 1 heterocycles. The predicted octanol–water partition coefficient (Wildman–Crippen LogP) is 2.90. The van der Waals surface area contributed by atoms with Gasteiger partial charge in [-0.2, -0.15) is 0 Å². The third kappa shape index (κ3) is 3.23. The topological polar surface area (TPSA) is 59.1 Å². The molecule has 3 atom stereocenters. The summed E-state index contributed by atoms with van der Waals surface area (Å²) in [5, 5.41) is 0. The van der Waals surface area contributed by atoms with Gasteiger partial charge in [0.1, 0.15) is 0 Å². The number of thiazole rings is 1. The minimum atomic E-state index is -3.46. The van der Waals surface area contributed by atoms with Gasteiger partial charge in [0.2, 0.25) is 0 Å². The van der Waals surface area contributed by atoms with Crippen molar-refractivity contribution in [2.24, 2.45) is 11.8 Å². The number of aromatic nitrogens is 1. The molecule has 0 radical (unpaired) electrons. The van der Waals surface area contributed by atoms with Gasteiger partial charge in [0.15, 0.2) is 8.68 Å². The molecule has 0 aliphatic heterocycles. The first kappa shape index (κ1) is 14.2. The van der Waals surface area contributed by atoms with Gasteiger partial charge in [-0.3, -0.25) is 0 Å². The van der Waals surface area contributed by atoms with E-state index in [1.807, 2.05) is 0 Å². The summed E-state index contributed by atoms with van der Waals surface area (Å²) in [6.07, 6.45) is 4.17. The molecule has 0 amide bonds. The second kappa shape index (κ2) is 5.45. The van der Waals surface area contributed by atoms with Crippen LogP contribution in [0, 0.1) is 11.8 Å². The number of nitrogens with one attached hydrogen (secondary N) is 1. The maximum atomic E-state index is 12.1. The maximum Gasteiger partial charge on any atom is 0.251 e. The minimum Gasteiger partial charge on any atom is -0.232 e. The molecule has 2 rings (SSSR count). The van der Waals surface area contributed by atoms with Crippen molar-refractivity contribution in [3.05, 3.63) is 10.7 Å². The van der Waals surface area contributed by atoms with E-state index in [1.165, 1.54) is 6.20 Å². The number of rotatable bonds is 3. The van der Waals surface area contributed by atoms with Crippen molar-refractivity contribution in [3.63, 3.8) is 0 Å². The summed E-state index contributed by atoms with van der Waals surface area (Å²) >= 11 is 6.66. The lowest BCUT2D eigenvalue weighted by Crippen LogP contribution is -2.39. The fraction of sp³-hybridized carbons (Fsp3) is 0.727. The van der Waals surface area contributed by atoms with Crippen LogP contribution in [0.25, 0.3) is 0 Å². The van der Waals surface area contributed by atoms with Gasteiger partial charge in [0.05, 0.1) is 6.20 Å². The minimum absolute atomic E-state index is 0.0297. The molecule has 7 heteroatoms. The molecule has 102 valence electrons. The average molecular weight is 309 g/mol. The number of halogens is 1. The summed E-state index contributed by atoms with van der Waals surface area (Å²) in [6.45, 7) is 4.40. The van der Waals surface area contributed by atoms with Gasteiger partial charge in [0, 0.05) is 6.04 Å². The summed E-state index contributed by atoms with van der Waals surface area (Å²) in [7, 11) is -3.46. The Hall–Kier alpha value is -0.170. The van der Waals surface area contributed by atoms with E-state index in [-0.39, 0.29) is 14.7 Å². The normalized spacial score (nSPS) is 29.4. The van der Waals surface area contributed by atoms with Crippen LogP contribution in [0.15, 0.2) is 10.4 Å². The fourth-order valence-electron chi connectivity index (χ4n) is 2.30. The third-order valence-electron chi connectivity index (χ3n) is 3.64. The first-order chi connectivity index (χ1) is 8.38. The highest BCUT2D eigenvalue weighted by atomic mass is 35.5. The van der Waals surface area contributed by atoms with E-state index in [2.05, 4.69) is 23.6 Å². The molecule has 0 spiro atoms. The Balaban J connectivity index is 2.05. The summed E-state index contributed by atoms with van der Waals surface area (Å²) < 4.78 is 27.4. The van der Waals surface area contributed by atoms with E-state index >= 15 is 0 Å². The Labute approximate surface area is 117 Å². The number of nitrogens with zero attached hydrogens (tertiary/aromatic N) is 1. The Kier molecular flexibility index (Phi) is 4.31. The lowest BCUT2D eigenvalue weighted by molar-refractivity contribution is 0.242. The van der Waals surface area contributed by atoms with Crippen molar-refractivity contribution in [2.45, 2.75) is 43.4 Å². The van der Waals surface area contributed by atoms with Crippen molar-refractivity contribution in [2.75, 3.05) is 0 Å². The Morgan fingerprint density at radius 3 is 2.67 bits per heavy atom. The largest absolute Gasteiger partial charge is 0.251 e. The van der Waals surface area contributed by atoms with Gasteiger partial charge in [-0.15, -0.1) is 0 Å². The first-order valence-electron chi connectivity index (χ1n) is 6.02. The van der Waals surface area contributed by atoms with Gasteiger partial charge in [-0.1, -0.05) is 36.8 Å². The van der Waals surface area contributed by atoms with Gasteiger partial charge in [-0.25, -0.2) is 18.1 Å². The molecule has 1 fully saturated rings. The van der Waals surface area contributed by atoms with Gasteiger partial charge < -0.3 is 0 Å². The fourth-order valence-corrected chi connectivity index (χ4v) is 4.89. The second-order valence-corrected chi connectivity index (χ2v) is 8.57. The van der Waals surface area contributed by atoms with Gasteiger partial charge >= 0.3 is 0 Å². The molecular weight excluding hydrogens is 292 g/mol. The van der Waals surface area contributed by atoms with E-state index in [0.29, 0.717) is 11.8 Å². The standard InChI is InChI=1S/C11H17ClN2O2S2/c1-7-3-4-9(5-8(7)2)14-18(15,16)10-6-13-11(12)17-10/h6-9,14H,3-5H2,1-2H3. The third-order valence-corrected chi connectivity index (χ3v) is 6.74. The quantitative estimate of drug-likeness (QED) is 0.934. The van der Waals surface area contributed by atoms with Crippen molar-refractivity contribution < 1.29 is 8.42 Å². The lowest BCUT2D eigenvalue weighted by Gasteiger charge is -2.32. The van der Waals surface area contributed by atoms with E-state index in [4.69, 9.17) is 11.6 Å². The lowest BCUT2D eigenvalue weighted by atomic mass is 9.79. The number of hydrogen-bond donors (Lipinski definition) is 1. The highest BCUT2D eigenvalue weighted by molar-refractivity contribution is 7.91. The Morgan fingerprint density at radius 1 is 1.39 bits per heavy atom. The second-order valence-electron chi connectivity index (χ2n) is 5.02. The molecular formula is C11H17ClN2O2S2. The molecule has 1 N–H and O–H groups in total. The molecule has 4 nitrogen and oxygen atoms in total. The molecule has 0 bridgehead atoms. The molecule has 0 saturated heterocycles. The summed E-state index contributed by atoms with van der Waals surface area (Å²) in [5.41, 5.74) is 0. The van der Waals surface area contributed by atoms with Crippen LogP contribution < -0.4 is 4.72 Å². The monoisotopic (exact) mass is 308 g/mol. The Bertz CT molecular complexity index is 515. The van der Waals surface area contributed by atoms with Crippen LogP contribution >= 0.6 is 22.9 Å². The summed E-state index contributed by atoms with van der Waals surface area (Å²) in [5.74, 6) is 1.22. The maximum absolute atomic E-state index is 12.1. The van der Waals surface area contributed by atoms with Crippen molar-refractivity contribution in [1.29, 1.82) is 0 Å². The molecule has 1 aliphatic carbocycles. The zero-order valence-corrected chi connectivity index (χ0v) is 12.8. The van der Waals surface area contributed by atoms with Crippen LogP contribution in [-0.2, 0) is 10.0 Å². The number of sulfonamides is 1. The van der Waals surface area contributed by atoms with Gasteiger partial charge in [-0.05, 0) is 31.1 Å². The zero-order valence-electron chi connectivity index (χ0n) is 10.4.